The summed E-state index contributed by atoms with van der Waals surface area (Å²) in [4.78, 5) is 38.5. The molecule has 0 N–H and O–H groups in total. The first-order chi connectivity index (χ1) is 40.5. The molecule has 0 aliphatic heterocycles. The van der Waals surface area contributed by atoms with Gasteiger partial charge in [-0.2, -0.15) is 0 Å². The number of carbonyl (C=O) groups excluding carboxylic acids is 3. The van der Waals surface area contributed by atoms with Gasteiger partial charge in [0.2, 0.25) is 0 Å². The van der Waals surface area contributed by atoms with Gasteiger partial charge < -0.3 is 14.2 Å². The van der Waals surface area contributed by atoms with Gasteiger partial charge in [-0.15, -0.1) is 0 Å². The number of unbranched alkanes of at least 4 members (excludes halogenated alkanes) is 46. The average Bonchev–Trinajstić information content (AvgIpc) is 3.47. The van der Waals surface area contributed by atoms with Crippen molar-refractivity contribution in [1.82, 2.24) is 0 Å². The minimum absolute atomic E-state index is 0.0750. The molecule has 0 aromatic carbocycles. The largest absolute Gasteiger partial charge is 0.462 e. The fourth-order valence-electron chi connectivity index (χ4n) is 10.7. The second kappa shape index (κ2) is 70.6. The lowest BCUT2D eigenvalue weighted by atomic mass is 10.0. The molecule has 6 nitrogen and oxygen atoms in total. The van der Waals surface area contributed by atoms with Crippen molar-refractivity contribution >= 4 is 17.9 Å². The van der Waals surface area contributed by atoms with E-state index in [4.69, 9.17) is 14.2 Å². The summed E-state index contributed by atoms with van der Waals surface area (Å²) in [6.07, 6.45) is 91.0. The van der Waals surface area contributed by atoms with Crippen LogP contribution in [0.5, 0.6) is 0 Å². The summed E-state index contributed by atoms with van der Waals surface area (Å²) < 4.78 is 17.0. The van der Waals surface area contributed by atoms with Crippen molar-refractivity contribution in [3.05, 3.63) is 60.8 Å². The van der Waals surface area contributed by atoms with Gasteiger partial charge in [0.15, 0.2) is 6.10 Å². The SMILES string of the molecule is CCCCCCC/C=C\C/C=C\CCCCCCCCCCCCCCCC(=O)OCC(COC(=O)CCCCCCC/C=C\CCCCCCCCC)OC(=O)CCCCCCCCCCCCC/C=C\C/C=C\CCCCCCC. The van der Waals surface area contributed by atoms with Crippen LogP contribution in [0.4, 0.5) is 0 Å². The van der Waals surface area contributed by atoms with Crippen LogP contribution in [-0.4, -0.2) is 37.2 Å². The van der Waals surface area contributed by atoms with Crippen molar-refractivity contribution < 1.29 is 28.6 Å². The molecular formula is C76H138O6. The Morgan fingerprint density at radius 1 is 0.244 bits per heavy atom. The van der Waals surface area contributed by atoms with Gasteiger partial charge in [0.05, 0.1) is 0 Å². The average molecular weight is 1150 g/mol. The third-order valence-corrected chi connectivity index (χ3v) is 16.2. The van der Waals surface area contributed by atoms with Crippen molar-refractivity contribution in [2.75, 3.05) is 13.2 Å². The van der Waals surface area contributed by atoms with Crippen LogP contribution in [0, 0.1) is 0 Å². The zero-order chi connectivity index (χ0) is 59.2. The smallest absolute Gasteiger partial charge is 0.306 e. The zero-order valence-electron chi connectivity index (χ0n) is 55.0. The molecule has 0 fully saturated rings. The minimum Gasteiger partial charge on any atom is -0.462 e. The number of allylic oxidation sites excluding steroid dienone is 10. The normalized spacial score (nSPS) is 12.4. The summed E-state index contributed by atoms with van der Waals surface area (Å²) in [5.41, 5.74) is 0. The fourth-order valence-corrected chi connectivity index (χ4v) is 10.7. The maximum Gasteiger partial charge on any atom is 0.306 e. The van der Waals surface area contributed by atoms with Gasteiger partial charge >= 0.3 is 17.9 Å². The maximum atomic E-state index is 13.0. The van der Waals surface area contributed by atoms with Crippen LogP contribution < -0.4 is 0 Å². The van der Waals surface area contributed by atoms with E-state index in [9.17, 15) is 14.4 Å². The van der Waals surface area contributed by atoms with E-state index in [1.165, 1.54) is 270 Å². The summed E-state index contributed by atoms with van der Waals surface area (Å²) >= 11 is 0. The standard InChI is InChI=1S/C76H138O6/c1-4-7-10-13-16-19-22-25-28-31-33-35-37-38-40-41-43-45-48-51-54-57-60-63-66-69-75(78)81-72-73(71-80-74(77)68-65-62-59-56-53-50-47-30-27-24-21-18-15-12-9-6-3)82-76(79)70-67-64-61-58-55-52-49-46-44-42-39-36-34-32-29-26-23-20-17-14-11-8-5-2/h22-23,25-26,30-34,47,73H,4-21,24,27-29,35-46,48-72H2,1-3H3/b25-22-,26-23-,33-31-,34-32-,47-30-. The third kappa shape index (κ3) is 67.9. The Labute approximate surface area is 510 Å². The number of carbonyl (C=O) groups is 3. The van der Waals surface area contributed by atoms with E-state index in [1.54, 1.807) is 0 Å². The molecular weight excluding hydrogens is 1010 g/mol. The van der Waals surface area contributed by atoms with Gasteiger partial charge in [-0.25, -0.2) is 0 Å². The molecule has 0 spiro atoms. The van der Waals surface area contributed by atoms with Gasteiger partial charge in [-0.05, 0) is 109 Å². The van der Waals surface area contributed by atoms with E-state index in [0.29, 0.717) is 19.3 Å². The summed E-state index contributed by atoms with van der Waals surface area (Å²) in [7, 11) is 0. The van der Waals surface area contributed by atoms with E-state index in [0.717, 1.165) is 77.0 Å². The first kappa shape index (κ1) is 79.1. The van der Waals surface area contributed by atoms with Crippen LogP contribution >= 0.6 is 0 Å². The first-order valence-corrected chi connectivity index (χ1v) is 36.3. The third-order valence-electron chi connectivity index (χ3n) is 16.2. The van der Waals surface area contributed by atoms with Crippen molar-refractivity contribution in [2.45, 2.75) is 393 Å². The van der Waals surface area contributed by atoms with Gasteiger partial charge in [-0.1, -0.05) is 319 Å². The van der Waals surface area contributed by atoms with Crippen molar-refractivity contribution in [2.24, 2.45) is 0 Å². The molecule has 0 amide bonds. The van der Waals surface area contributed by atoms with Gasteiger partial charge in [0, 0.05) is 19.3 Å². The molecule has 0 radical (unpaired) electrons. The van der Waals surface area contributed by atoms with Crippen LogP contribution in [0.1, 0.15) is 387 Å². The summed E-state index contributed by atoms with van der Waals surface area (Å²) in [6, 6.07) is 0. The Morgan fingerprint density at radius 2 is 0.439 bits per heavy atom. The summed E-state index contributed by atoms with van der Waals surface area (Å²) in [5, 5.41) is 0. The highest BCUT2D eigenvalue weighted by molar-refractivity contribution is 5.71. The fraction of sp³-hybridized carbons (Fsp3) is 0.829. The molecule has 0 bridgehead atoms. The molecule has 0 rings (SSSR count). The second-order valence-electron chi connectivity index (χ2n) is 24.5. The molecule has 6 heteroatoms. The van der Waals surface area contributed by atoms with E-state index < -0.39 is 6.10 Å². The van der Waals surface area contributed by atoms with Gasteiger partial charge in [0.25, 0.3) is 0 Å². The van der Waals surface area contributed by atoms with E-state index in [2.05, 4.69) is 81.5 Å². The topological polar surface area (TPSA) is 78.9 Å². The highest BCUT2D eigenvalue weighted by atomic mass is 16.6. The molecule has 1 atom stereocenters. The minimum atomic E-state index is -0.780. The Hall–Kier alpha value is -2.89. The van der Waals surface area contributed by atoms with Crippen LogP contribution in [0.2, 0.25) is 0 Å². The van der Waals surface area contributed by atoms with Crippen LogP contribution in [0.3, 0.4) is 0 Å². The number of hydrogen-bond donors (Lipinski definition) is 0. The lowest BCUT2D eigenvalue weighted by Crippen LogP contribution is -2.30. The Balaban J connectivity index is 4.31. The molecule has 0 aromatic heterocycles. The first-order valence-electron chi connectivity index (χ1n) is 36.3. The lowest BCUT2D eigenvalue weighted by Gasteiger charge is -2.18. The highest BCUT2D eigenvalue weighted by Gasteiger charge is 2.19. The number of ether oxygens (including phenoxy) is 3. The maximum absolute atomic E-state index is 13.0. The van der Waals surface area contributed by atoms with Crippen LogP contribution in [-0.2, 0) is 28.6 Å². The summed E-state index contributed by atoms with van der Waals surface area (Å²) in [6.45, 7) is 6.67. The molecule has 0 saturated carbocycles. The Bertz CT molecular complexity index is 1460. The van der Waals surface area contributed by atoms with E-state index in [1.807, 2.05) is 0 Å². The molecule has 0 aliphatic rings. The Kier molecular flexibility index (Phi) is 68.1. The molecule has 82 heavy (non-hydrogen) atoms. The van der Waals surface area contributed by atoms with Gasteiger partial charge in [-0.3, -0.25) is 14.4 Å². The highest BCUT2D eigenvalue weighted by Crippen LogP contribution is 2.18. The molecule has 0 heterocycles. The van der Waals surface area contributed by atoms with E-state index >= 15 is 0 Å². The van der Waals surface area contributed by atoms with E-state index in [-0.39, 0.29) is 31.1 Å². The molecule has 0 aromatic rings. The predicted molar refractivity (Wildman–Crippen MR) is 358 cm³/mol. The van der Waals surface area contributed by atoms with Crippen molar-refractivity contribution in [1.29, 1.82) is 0 Å². The summed E-state index contributed by atoms with van der Waals surface area (Å²) in [5.74, 6) is -0.862. The quantitative estimate of drug-likeness (QED) is 0.0261. The molecule has 0 aliphatic carbocycles. The van der Waals surface area contributed by atoms with Crippen LogP contribution in [0.15, 0.2) is 60.8 Å². The van der Waals surface area contributed by atoms with Crippen LogP contribution in [0.25, 0.3) is 0 Å². The molecule has 1 unspecified atom stereocenters. The van der Waals surface area contributed by atoms with Gasteiger partial charge in [0.1, 0.15) is 13.2 Å². The van der Waals surface area contributed by atoms with Crippen molar-refractivity contribution in [3.63, 3.8) is 0 Å². The monoisotopic (exact) mass is 1150 g/mol. The second-order valence-corrected chi connectivity index (χ2v) is 24.5. The predicted octanol–water partition coefficient (Wildman–Crippen LogP) is 25.1. The van der Waals surface area contributed by atoms with Crippen molar-refractivity contribution in [3.8, 4) is 0 Å². The molecule has 478 valence electrons. The number of rotatable bonds is 67. The number of hydrogen-bond acceptors (Lipinski definition) is 6. The molecule has 0 saturated heterocycles. The zero-order valence-corrected chi connectivity index (χ0v) is 55.0. The number of esters is 3. The Morgan fingerprint density at radius 3 is 0.683 bits per heavy atom. The lowest BCUT2D eigenvalue weighted by molar-refractivity contribution is -0.167.